The van der Waals surface area contributed by atoms with Gasteiger partial charge in [-0.15, -0.1) is 0 Å². The Morgan fingerprint density at radius 1 is 1.00 bits per heavy atom. The second-order valence-electron chi connectivity index (χ2n) is 4.35. The summed E-state index contributed by atoms with van der Waals surface area (Å²) >= 11 is 0. The second kappa shape index (κ2) is 13.9. The summed E-state index contributed by atoms with van der Waals surface area (Å²) < 4.78 is 5.00. The van der Waals surface area contributed by atoms with Crippen LogP contribution in [0.1, 0.15) is 46.0 Å². The van der Waals surface area contributed by atoms with E-state index in [1.165, 1.54) is 45.3 Å². The van der Waals surface area contributed by atoms with Crippen molar-refractivity contribution in [1.82, 2.24) is 10.2 Å². The van der Waals surface area contributed by atoms with Crippen LogP contribution in [-0.2, 0) is 4.74 Å². The van der Waals surface area contributed by atoms with Gasteiger partial charge in [0.2, 0.25) is 0 Å². The third-order valence-corrected chi connectivity index (χ3v) is 2.98. The maximum atomic E-state index is 5.00. The molecule has 104 valence electrons. The SMILES string of the molecule is CC.COCCCNCCCN1CCCCC1. The van der Waals surface area contributed by atoms with Gasteiger partial charge in [-0.2, -0.15) is 0 Å². The van der Waals surface area contributed by atoms with Gasteiger partial charge < -0.3 is 15.0 Å². The first kappa shape index (κ1) is 16.9. The average Bonchev–Trinajstić information content (AvgIpc) is 2.41. The molecule has 0 amide bonds. The molecule has 0 aromatic heterocycles. The lowest BCUT2D eigenvalue weighted by Crippen LogP contribution is -2.32. The highest BCUT2D eigenvalue weighted by Crippen LogP contribution is 2.08. The zero-order valence-electron chi connectivity index (χ0n) is 12.1. The van der Waals surface area contributed by atoms with Crippen LogP contribution in [0.5, 0.6) is 0 Å². The molecule has 1 saturated heterocycles. The van der Waals surface area contributed by atoms with E-state index in [1.54, 1.807) is 7.11 Å². The molecule has 3 heteroatoms. The highest BCUT2D eigenvalue weighted by atomic mass is 16.5. The number of piperidine rings is 1. The van der Waals surface area contributed by atoms with Gasteiger partial charge in [0.15, 0.2) is 0 Å². The Kier molecular flexibility index (Phi) is 13.8. The van der Waals surface area contributed by atoms with Crippen LogP contribution < -0.4 is 5.32 Å². The third-order valence-electron chi connectivity index (χ3n) is 2.98. The topological polar surface area (TPSA) is 24.5 Å². The Hall–Kier alpha value is -0.120. The van der Waals surface area contributed by atoms with E-state index in [0.717, 1.165) is 26.1 Å². The molecule has 0 aromatic carbocycles. The summed E-state index contributed by atoms with van der Waals surface area (Å²) in [6.45, 7) is 11.0. The van der Waals surface area contributed by atoms with Gasteiger partial charge in [0.1, 0.15) is 0 Å². The number of nitrogens with zero attached hydrogens (tertiary/aromatic N) is 1. The predicted molar refractivity (Wildman–Crippen MR) is 75.6 cm³/mol. The van der Waals surface area contributed by atoms with Crippen LogP contribution in [0.3, 0.4) is 0 Å². The van der Waals surface area contributed by atoms with Gasteiger partial charge in [0.25, 0.3) is 0 Å². The molecule has 1 fully saturated rings. The Balaban J connectivity index is 0.00000121. The lowest BCUT2D eigenvalue weighted by atomic mass is 10.1. The average molecular weight is 244 g/mol. The number of likely N-dealkylation sites (tertiary alicyclic amines) is 1. The van der Waals surface area contributed by atoms with E-state index < -0.39 is 0 Å². The number of hydrogen-bond donors (Lipinski definition) is 1. The van der Waals surface area contributed by atoms with Crippen LogP contribution in [0, 0.1) is 0 Å². The van der Waals surface area contributed by atoms with Gasteiger partial charge in [-0.1, -0.05) is 20.3 Å². The van der Waals surface area contributed by atoms with E-state index in [1.807, 2.05) is 13.8 Å². The lowest BCUT2D eigenvalue weighted by Gasteiger charge is -2.26. The predicted octanol–water partition coefficient (Wildman–Crippen LogP) is 2.51. The molecule has 17 heavy (non-hydrogen) atoms. The molecule has 0 aliphatic carbocycles. The van der Waals surface area contributed by atoms with Crippen LogP contribution in [0.4, 0.5) is 0 Å². The minimum Gasteiger partial charge on any atom is -0.385 e. The van der Waals surface area contributed by atoms with Crippen LogP contribution in [-0.4, -0.2) is 51.3 Å². The molecular weight excluding hydrogens is 212 g/mol. The highest BCUT2D eigenvalue weighted by molar-refractivity contribution is 4.64. The molecular formula is C14H32N2O. The summed E-state index contributed by atoms with van der Waals surface area (Å²) in [5, 5.41) is 3.45. The van der Waals surface area contributed by atoms with E-state index in [-0.39, 0.29) is 0 Å². The number of ether oxygens (including phenoxy) is 1. The summed E-state index contributed by atoms with van der Waals surface area (Å²) in [4.78, 5) is 2.60. The molecule has 0 unspecified atom stereocenters. The molecule has 1 aliphatic heterocycles. The van der Waals surface area contributed by atoms with Crippen molar-refractivity contribution in [2.24, 2.45) is 0 Å². The molecule has 1 aliphatic rings. The van der Waals surface area contributed by atoms with Gasteiger partial charge in [-0.05, 0) is 58.4 Å². The number of rotatable bonds is 8. The first-order valence-corrected chi connectivity index (χ1v) is 7.35. The maximum absolute atomic E-state index is 5.00. The van der Waals surface area contributed by atoms with E-state index >= 15 is 0 Å². The standard InChI is InChI=1S/C12H26N2O.C2H6/c1-15-12-6-8-13-7-5-11-14-9-3-2-4-10-14;1-2/h13H,2-12H2,1H3;1-2H3. The van der Waals surface area contributed by atoms with E-state index in [0.29, 0.717) is 0 Å². The van der Waals surface area contributed by atoms with E-state index in [2.05, 4.69) is 10.2 Å². The van der Waals surface area contributed by atoms with Crippen molar-refractivity contribution in [2.45, 2.75) is 46.0 Å². The van der Waals surface area contributed by atoms with Gasteiger partial charge >= 0.3 is 0 Å². The molecule has 0 aromatic rings. The summed E-state index contributed by atoms with van der Waals surface area (Å²) in [6, 6.07) is 0. The normalized spacial score (nSPS) is 16.4. The fourth-order valence-corrected chi connectivity index (χ4v) is 2.08. The minimum atomic E-state index is 0.874. The van der Waals surface area contributed by atoms with Gasteiger partial charge in [-0.3, -0.25) is 0 Å². The molecule has 0 spiro atoms. The molecule has 3 nitrogen and oxygen atoms in total. The van der Waals surface area contributed by atoms with Gasteiger partial charge in [0, 0.05) is 13.7 Å². The first-order chi connectivity index (χ1) is 8.43. The Bertz CT molecular complexity index is 136. The Labute approximate surface area is 108 Å². The summed E-state index contributed by atoms with van der Waals surface area (Å²) in [5.74, 6) is 0. The van der Waals surface area contributed by atoms with Crippen molar-refractivity contribution < 1.29 is 4.74 Å². The quantitative estimate of drug-likeness (QED) is 0.664. The second-order valence-corrected chi connectivity index (χ2v) is 4.35. The lowest BCUT2D eigenvalue weighted by molar-refractivity contribution is 0.193. The molecule has 0 atom stereocenters. The van der Waals surface area contributed by atoms with Crippen LogP contribution in [0.15, 0.2) is 0 Å². The fourth-order valence-electron chi connectivity index (χ4n) is 2.08. The molecule has 0 bridgehead atoms. The Morgan fingerprint density at radius 2 is 1.65 bits per heavy atom. The van der Waals surface area contributed by atoms with Crippen molar-refractivity contribution in [3.05, 3.63) is 0 Å². The number of hydrogen-bond acceptors (Lipinski definition) is 3. The zero-order chi connectivity index (χ0) is 12.8. The van der Waals surface area contributed by atoms with Crippen LogP contribution in [0.2, 0.25) is 0 Å². The van der Waals surface area contributed by atoms with Crippen molar-refractivity contribution in [2.75, 3.05) is 46.4 Å². The molecule has 0 radical (unpaired) electrons. The van der Waals surface area contributed by atoms with E-state index in [9.17, 15) is 0 Å². The molecule has 1 heterocycles. The highest BCUT2D eigenvalue weighted by Gasteiger charge is 2.08. The number of methoxy groups -OCH3 is 1. The van der Waals surface area contributed by atoms with E-state index in [4.69, 9.17) is 4.74 Å². The third kappa shape index (κ3) is 10.7. The van der Waals surface area contributed by atoms with Crippen molar-refractivity contribution >= 4 is 0 Å². The van der Waals surface area contributed by atoms with Gasteiger partial charge in [0.05, 0.1) is 0 Å². The molecule has 1 rings (SSSR count). The monoisotopic (exact) mass is 244 g/mol. The summed E-state index contributed by atoms with van der Waals surface area (Å²) in [6.07, 6.45) is 6.65. The molecule has 0 saturated carbocycles. The summed E-state index contributed by atoms with van der Waals surface area (Å²) in [5.41, 5.74) is 0. The van der Waals surface area contributed by atoms with Gasteiger partial charge in [-0.25, -0.2) is 0 Å². The maximum Gasteiger partial charge on any atom is 0.0474 e. The van der Waals surface area contributed by atoms with Crippen molar-refractivity contribution in [1.29, 1.82) is 0 Å². The molecule has 1 N–H and O–H groups in total. The van der Waals surface area contributed by atoms with Crippen molar-refractivity contribution in [3.63, 3.8) is 0 Å². The fraction of sp³-hybridized carbons (Fsp3) is 1.00. The minimum absolute atomic E-state index is 0.874. The zero-order valence-corrected chi connectivity index (χ0v) is 12.1. The van der Waals surface area contributed by atoms with Crippen molar-refractivity contribution in [3.8, 4) is 0 Å². The number of nitrogens with one attached hydrogen (secondary N) is 1. The summed E-state index contributed by atoms with van der Waals surface area (Å²) in [7, 11) is 1.76. The van der Waals surface area contributed by atoms with Crippen LogP contribution in [0.25, 0.3) is 0 Å². The smallest absolute Gasteiger partial charge is 0.0474 e. The first-order valence-electron chi connectivity index (χ1n) is 7.35. The largest absolute Gasteiger partial charge is 0.385 e. The Morgan fingerprint density at radius 3 is 2.29 bits per heavy atom. The van der Waals surface area contributed by atoms with Crippen LogP contribution >= 0.6 is 0 Å².